The summed E-state index contributed by atoms with van der Waals surface area (Å²) in [5.74, 6) is 1.03. The molecule has 0 saturated heterocycles. The van der Waals surface area contributed by atoms with Crippen LogP contribution in [-0.4, -0.2) is 29.0 Å². The fraction of sp³-hybridized carbons (Fsp3) is 0.357. The lowest BCUT2D eigenvalue weighted by Crippen LogP contribution is -2.38. The van der Waals surface area contributed by atoms with Crippen molar-refractivity contribution in [3.05, 3.63) is 35.2 Å². The second-order valence-corrected chi connectivity index (χ2v) is 4.79. The number of aromatic nitrogens is 2. The van der Waals surface area contributed by atoms with E-state index < -0.39 is 0 Å². The number of hydrogen-bond acceptors (Lipinski definition) is 5. The van der Waals surface area contributed by atoms with E-state index in [0.717, 1.165) is 5.56 Å². The van der Waals surface area contributed by atoms with Crippen molar-refractivity contribution in [1.82, 2.24) is 9.97 Å². The zero-order valence-corrected chi connectivity index (χ0v) is 11.6. The quantitative estimate of drug-likeness (QED) is 0.795. The first kappa shape index (κ1) is 12.7. The molecule has 6 nitrogen and oxygen atoms in total. The molecule has 0 spiro atoms. The van der Waals surface area contributed by atoms with Crippen LogP contribution in [-0.2, 0) is 0 Å². The van der Waals surface area contributed by atoms with E-state index in [9.17, 15) is 4.79 Å². The van der Waals surface area contributed by atoms with Gasteiger partial charge in [-0.05, 0) is 25.5 Å². The van der Waals surface area contributed by atoms with Crippen molar-refractivity contribution in [3.8, 4) is 5.88 Å². The van der Waals surface area contributed by atoms with Crippen molar-refractivity contribution >= 4 is 11.6 Å². The molecule has 0 N–H and O–H groups in total. The maximum Gasteiger partial charge on any atom is 0.296 e. The van der Waals surface area contributed by atoms with Crippen LogP contribution in [0.25, 0.3) is 0 Å². The van der Waals surface area contributed by atoms with Gasteiger partial charge in [0.2, 0.25) is 11.6 Å². The Bertz CT molecular complexity index is 678. The molecule has 0 unspecified atom stereocenters. The van der Waals surface area contributed by atoms with Gasteiger partial charge in [0.25, 0.3) is 5.91 Å². The van der Waals surface area contributed by atoms with E-state index in [1.807, 2.05) is 13.0 Å². The number of carbonyl (C=O) groups is 1. The Balaban J connectivity index is 2.02. The second-order valence-electron chi connectivity index (χ2n) is 4.79. The number of hydrogen-bond donors (Lipinski definition) is 0. The van der Waals surface area contributed by atoms with Gasteiger partial charge in [0.15, 0.2) is 5.89 Å². The smallest absolute Gasteiger partial charge is 0.296 e. The van der Waals surface area contributed by atoms with Crippen LogP contribution >= 0.6 is 0 Å². The third-order valence-corrected chi connectivity index (χ3v) is 3.16. The highest BCUT2D eigenvalue weighted by molar-refractivity contribution is 6.05. The summed E-state index contributed by atoms with van der Waals surface area (Å²) in [5, 5.41) is 0. The van der Waals surface area contributed by atoms with Gasteiger partial charge in [-0.1, -0.05) is 0 Å². The van der Waals surface area contributed by atoms with Crippen molar-refractivity contribution in [2.75, 3.05) is 18.1 Å². The Morgan fingerprint density at radius 3 is 2.85 bits per heavy atom. The van der Waals surface area contributed by atoms with Crippen molar-refractivity contribution in [3.63, 3.8) is 0 Å². The van der Waals surface area contributed by atoms with Crippen LogP contribution in [0.15, 0.2) is 16.7 Å². The average Bonchev–Trinajstić information content (AvgIpc) is 2.76. The van der Waals surface area contributed by atoms with Crippen molar-refractivity contribution in [2.24, 2.45) is 0 Å². The summed E-state index contributed by atoms with van der Waals surface area (Å²) in [6.45, 7) is 6.30. The molecule has 0 fully saturated rings. The number of pyridine rings is 1. The number of nitrogens with zero attached hydrogens (tertiary/aromatic N) is 3. The van der Waals surface area contributed by atoms with Gasteiger partial charge in [0, 0.05) is 13.1 Å². The molecule has 0 bridgehead atoms. The van der Waals surface area contributed by atoms with Gasteiger partial charge in [-0.15, -0.1) is 0 Å². The maximum absolute atomic E-state index is 12.6. The van der Waals surface area contributed by atoms with E-state index in [2.05, 4.69) is 9.97 Å². The molecule has 3 heterocycles. The predicted octanol–water partition coefficient (Wildman–Crippen LogP) is 2.03. The third kappa shape index (κ3) is 2.03. The normalized spacial score (nSPS) is 13.8. The van der Waals surface area contributed by atoms with Gasteiger partial charge in [-0.2, -0.15) is 0 Å². The molecule has 2 aromatic rings. The molecule has 20 heavy (non-hydrogen) atoms. The van der Waals surface area contributed by atoms with E-state index in [4.69, 9.17) is 9.15 Å². The fourth-order valence-electron chi connectivity index (χ4n) is 2.26. The Morgan fingerprint density at radius 2 is 2.15 bits per heavy atom. The van der Waals surface area contributed by atoms with Crippen molar-refractivity contribution in [2.45, 2.75) is 20.8 Å². The number of ether oxygens (including phenoxy) is 1. The van der Waals surface area contributed by atoms with Crippen LogP contribution in [0.5, 0.6) is 5.88 Å². The zero-order chi connectivity index (χ0) is 14.3. The summed E-state index contributed by atoms with van der Waals surface area (Å²) in [7, 11) is 0. The first-order valence-electron chi connectivity index (χ1n) is 6.41. The Hall–Kier alpha value is -2.37. The van der Waals surface area contributed by atoms with Crippen molar-refractivity contribution in [1.29, 1.82) is 0 Å². The largest absolute Gasteiger partial charge is 0.474 e. The highest BCUT2D eigenvalue weighted by Crippen LogP contribution is 2.31. The molecule has 0 atom stereocenters. The lowest BCUT2D eigenvalue weighted by molar-refractivity contribution is 0.0947. The molecular formula is C14H15N3O3. The molecule has 0 saturated carbocycles. The van der Waals surface area contributed by atoms with Gasteiger partial charge < -0.3 is 9.15 Å². The maximum atomic E-state index is 12.6. The van der Waals surface area contributed by atoms with Gasteiger partial charge >= 0.3 is 0 Å². The summed E-state index contributed by atoms with van der Waals surface area (Å²) < 4.78 is 10.9. The molecule has 2 aromatic heterocycles. The molecule has 6 heteroatoms. The minimum Gasteiger partial charge on any atom is -0.474 e. The Labute approximate surface area is 116 Å². The Kier molecular flexibility index (Phi) is 2.93. The molecule has 1 aliphatic heterocycles. The number of anilines is 1. The van der Waals surface area contributed by atoms with E-state index in [1.165, 1.54) is 0 Å². The highest BCUT2D eigenvalue weighted by Gasteiger charge is 2.29. The van der Waals surface area contributed by atoms with E-state index in [1.54, 1.807) is 24.9 Å². The lowest BCUT2D eigenvalue weighted by Gasteiger charge is -2.28. The van der Waals surface area contributed by atoms with Gasteiger partial charge in [-0.3, -0.25) is 9.69 Å². The van der Waals surface area contributed by atoms with Crippen LogP contribution in [0.2, 0.25) is 0 Å². The summed E-state index contributed by atoms with van der Waals surface area (Å²) in [6, 6.07) is 1.89. The molecule has 1 amide bonds. The number of rotatable bonds is 1. The lowest BCUT2D eigenvalue weighted by atomic mass is 10.2. The molecule has 0 aliphatic carbocycles. The summed E-state index contributed by atoms with van der Waals surface area (Å²) >= 11 is 0. The Morgan fingerprint density at radius 1 is 1.35 bits per heavy atom. The molecule has 0 aromatic carbocycles. The first-order chi connectivity index (χ1) is 9.56. The summed E-state index contributed by atoms with van der Waals surface area (Å²) in [6.07, 6.45) is 1.72. The molecule has 104 valence electrons. The number of carbonyl (C=O) groups excluding carboxylic acids is 1. The summed E-state index contributed by atoms with van der Waals surface area (Å²) in [5.41, 5.74) is 2.24. The predicted molar refractivity (Wildman–Crippen MR) is 72.1 cm³/mol. The van der Waals surface area contributed by atoms with E-state index in [0.29, 0.717) is 36.3 Å². The minimum absolute atomic E-state index is 0.208. The fourth-order valence-corrected chi connectivity index (χ4v) is 2.26. The average molecular weight is 273 g/mol. The number of aryl methyl sites for hydroxylation is 3. The molecular weight excluding hydrogens is 258 g/mol. The minimum atomic E-state index is -0.208. The molecule has 3 rings (SSSR count). The van der Waals surface area contributed by atoms with Crippen LogP contribution < -0.4 is 9.64 Å². The number of amides is 1. The molecule has 1 aliphatic rings. The van der Waals surface area contributed by atoms with Crippen LogP contribution in [0.3, 0.4) is 0 Å². The van der Waals surface area contributed by atoms with Gasteiger partial charge in [0.05, 0.1) is 12.2 Å². The number of oxazole rings is 1. The summed E-state index contributed by atoms with van der Waals surface area (Å²) in [4.78, 5) is 22.6. The van der Waals surface area contributed by atoms with Crippen LogP contribution in [0.1, 0.15) is 27.7 Å². The second kappa shape index (κ2) is 4.63. The number of fused-ring (bicyclic) bond motifs is 1. The molecule has 0 radical (unpaired) electrons. The van der Waals surface area contributed by atoms with Crippen LogP contribution in [0.4, 0.5) is 5.69 Å². The van der Waals surface area contributed by atoms with Crippen molar-refractivity contribution < 1.29 is 13.9 Å². The monoisotopic (exact) mass is 273 g/mol. The highest BCUT2D eigenvalue weighted by atomic mass is 16.5. The standard InChI is InChI=1S/C14H15N3O3/c1-8-6-11-13(15-7-8)19-5-4-17(11)14(18)12-9(2)16-10(3)20-12/h6-7H,4-5H2,1-3H3. The topological polar surface area (TPSA) is 68.5 Å². The van der Waals surface area contributed by atoms with Gasteiger partial charge in [-0.25, -0.2) is 9.97 Å². The van der Waals surface area contributed by atoms with Gasteiger partial charge in [0.1, 0.15) is 12.3 Å². The van der Waals surface area contributed by atoms with E-state index >= 15 is 0 Å². The SMILES string of the molecule is Cc1cnc2c(c1)N(C(=O)c1oc(C)nc1C)CCO2. The first-order valence-corrected chi connectivity index (χ1v) is 6.41. The zero-order valence-electron chi connectivity index (χ0n) is 11.6. The van der Waals surface area contributed by atoms with Crippen LogP contribution in [0, 0.1) is 20.8 Å². The van der Waals surface area contributed by atoms with E-state index in [-0.39, 0.29) is 11.7 Å². The third-order valence-electron chi connectivity index (χ3n) is 3.16.